The fourth-order valence-corrected chi connectivity index (χ4v) is 4.84. The molecule has 4 rings (SSSR count). The summed E-state index contributed by atoms with van der Waals surface area (Å²) >= 11 is 14.0. The lowest BCUT2D eigenvalue weighted by molar-refractivity contribution is -0.116. The second kappa shape index (κ2) is 10.6. The highest BCUT2D eigenvalue weighted by Crippen LogP contribution is 2.26. The Morgan fingerprint density at radius 3 is 2.35 bits per heavy atom. The number of carbonyl (C=O) groups excluding carboxylic acids is 1. The summed E-state index contributed by atoms with van der Waals surface area (Å²) in [4.78, 5) is 21.6. The van der Waals surface area contributed by atoms with Crippen molar-refractivity contribution in [3.05, 3.63) is 69.5 Å². The van der Waals surface area contributed by atoms with Crippen molar-refractivity contribution in [3.8, 4) is 11.3 Å². The molecular weight excluding hydrogens is 451 g/mol. The highest BCUT2D eigenvalue weighted by molar-refractivity contribution is 7.14. The molecule has 162 valence electrons. The minimum Gasteiger partial charge on any atom is -0.302 e. The van der Waals surface area contributed by atoms with E-state index in [4.69, 9.17) is 23.2 Å². The SMILES string of the molecule is O=C(CCN1CCN(Cc2c(Cl)cccc2Cl)CC1)Nc1nc(-c2ccccc2)cs1. The molecule has 0 saturated carbocycles. The van der Waals surface area contributed by atoms with Crippen LogP contribution in [0.25, 0.3) is 11.3 Å². The van der Waals surface area contributed by atoms with Gasteiger partial charge < -0.3 is 10.2 Å². The fraction of sp³-hybridized carbons (Fsp3) is 0.304. The van der Waals surface area contributed by atoms with Crippen LogP contribution >= 0.6 is 34.5 Å². The molecule has 1 aliphatic heterocycles. The van der Waals surface area contributed by atoms with Crippen LogP contribution in [0.15, 0.2) is 53.9 Å². The zero-order chi connectivity index (χ0) is 21.6. The lowest BCUT2D eigenvalue weighted by Crippen LogP contribution is -2.46. The molecule has 2 heterocycles. The van der Waals surface area contributed by atoms with Crippen LogP contribution in [0, 0.1) is 0 Å². The molecule has 0 unspecified atom stereocenters. The Kier molecular flexibility index (Phi) is 7.58. The van der Waals surface area contributed by atoms with E-state index in [1.165, 1.54) is 11.3 Å². The highest BCUT2D eigenvalue weighted by atomic mass is 35.5. The minimum atomic E-state index is -0.000703. The lowest BCUT2D eigenvalue weighted by Gasteiger charge is -2.34. The van der Waals surface area contributed by atoms with E-state index in [1.54, 1.807) is 0 Å². The van der Waals surface area contributed by atoms with E-state index in [-0.39, 0.29) is 5.91 Å². The first kappa shape index (κ1) is 22.2. The highest BCUT2D eigenvalue weighted by Gasteiger charge is 2.19. The molecule has 8 heteroatoms. The zero-order valence-corrected chi connectivity index (χ0v) is 19.4. The van der Waals surface area contributed by atoms with E-state index in [0.29, 0.717) is 21.6 Å². The average Bonchev–Trinajstić information content (AvgIpc) is 3.25. The van der Waals surface area contributed by atoms with E-state index in [9.17, 15) is 4.79 Å². The third-order valence-electron chi connectivity index (χ3n) is 5.38. The topological polar surface area (TPSA) is 48.5 Å². The molecule has 0 spiro atoms. The van der Waals surface area contributed by atoms with Crippen LogP contribution in [0.5, 0.6) is 0 Å². The van der Waals surface area contributed by atoms with Crippen molar-refractivity contribution >= 4 is 45.6 Å². The molecule has 0 radical (unpaired) electrons. The Morgan fingerprint density at radius 2 is 1.65 bits per heavy atom. The van der Waals surface area contributed by atoms with E-state index >= 15 is 0 Å². The Labute approximate surface area is 196 Å². The molecule has 0 bridgehead atoms. The van der Waals surface area contributed by atoms with Gasteiger partial charge in [-0.15, -0.1) is 11.3 Å². The Morgan fingerprint density at radius 1 is 0.968 bits per heavy atom. The van der Waals surface area contributed by atoms with Crippen LogP contribution < -0.4 is 5.32 Å². The van der Waals surface area contributed by atoms with Crippen molar-refractivity contribution in [2.24, 2.45) is 0 Å². The van der Waals surface area contributed by atoms with Crippen molar-refractivity contribution < 1.29 is 4.79 Å². The van der Waals surface area contributed by atoms with Gasteiger partial charge in [0, 0.05) is 72.2 Å². The van der Waals surface area contributed by atoms with E-state index in [0.717, 1.165) is 56.1 Å². The second-order valence-corrected chi connectivity index (χ2v) is 9.19. The summed E-state index contributed by atoms with van der Waals surface area (Å²) in [6.07, 6.45) is 0.455. The summed E-state index contributed by atoms with van der Waals surface area (Å²) < 4.78 is 0. The molecule has 1 aromatic heterocycles. The van der Waals surface area contributed by atoms with Gasteiger partial charge in [-0.1, -0.05) is 59.6 Å². The predicted molar refractivity (Wildman–Crippen MR) is 129 cm³/mol. The number of amides is 1. The van der Waals surface area contributed by atoms with Crippen molar-refractivity contribution in [3.63, 3.8) is 0 Å². The first-order chi connectivity index (χ1) is 15.1. The van der Waals surface area contributed by atoms with Gasteiger partial charge in [0.15, 0.2) is 5.13 Å². The second-order valence-electron chi connectivity index (χ2n) is 7.52. The van der Waals surface area contributed by atoms with Crippen LogP contribution in [0.3, 0.4) is 0 Å². The maximum Gasteiger partial charge on any atom is 0.227 e. The number of benzene rings is 2. The van der Waals surface area contributed by atoms with Gasteiger partial charge in [-0.05, 0) is 12.1 Å². The number of thiazole rings is 1. The largest absolute Gasteiger partial charge is 0.302 e. The fourth-order valence-electron chi connectivity index (χ4n) is 3.59. The van der Waals surface area contributed by atoms with Gasteiger partial charge in [0.1, 0.15) is 0 Å². The normalized spacial score (nSPS) is 15.2. The van der Waals surface area contributed by atoms with Gasteiger partial charge in [0.2, 0.25) is 5.91 Å². The Hall–Kier alpha value is -1.96. The molecule has 1 N–H and O–H groups in total. The van der Waals surface area contributed by atoms with Crippen LogP contribution in [-0.2, 0) is 11.3 Å². The van der Waals surface area contributed by atoms with Crippen LogP contribution in [0.4, 0.5) is 5.13 Å². The number of nitrogens with one attached hydrogen (secondary N) is 1. The summed E-state index contributed by atoms with van der Waals surface area (Å²) in [6.45, 7) is 5.19. The number of anilines is 1. The molecule has 1 amide bonds. The van der Waals surface area contributed by atoms with Gasteiger partial charge in [-0.25, -0.2) is 4.98 Å². The average molecular weight is 475 g/mol. The Bertz CT molecular complexity index is 999. The number of rotatable bonds is 7. The summed E-state index contributed by atoms with van der Waals surface area (Å²) in [5, 5.41) is 6.96. The van der Waals surface area contributed by atoms with Gasteiger partial charge >= 0.3 is 0 Å². The van der Waals surface area contributed by atoms with Crippen LogP contribution in [0.1, 0.15) is 12.0 Å². The molecule has 3 aromatic rings. The number of piperazine rings is 1. The van der Waals surface area contributed by atoms with Gasteiger partial charge in [0.05, 0.1) is 5.69 Å². The smallest absolute Gasteiger partial charge is 0.227 e. The first-order valence-electron chi connectivity index (χ1n) is 10.3. The molecule has 0 atom stereocenters. The number of nitrogens with zero attached hydrogens (tertiary/aromatic N) is 3. The first-order valence-corrected chi connectivity index (χ1v) is 11.9. The molecule has 1 saturated heterocycles. The lowest BCUT2D eigenvalue weighted by atomic mass is 10.2. The molecule has 2 aromatic carbocycles. The third kappa shape index (κ3) is 6.05. The monoisotopic (exact) mass is 474 g/mol. The molecule has 5 nitrogen and oxygen atoms in total. The summed E-state index contributed by atoms with van der Waals surface area (Å²) in [6, 6.07) is 15.6. The number of halogens is 2. The van der Waals surface area contributed by atoms with E-state index < -0.39 is 0 Å². The van der Waals surface area contributed by atoms with E-state index in [1.807, 2.05) is 53.9 Å². The van der Waals surface area contributed by atoms with Crippen molar-refractivity contribution in [2.75, 3.05) is 38.0 Å². The van der Waals surface area contributed by atoms with Gasteiger partial charge in [-0.2, -0.15) is 0 Å². The van der Waals surface area contributed by atoms with Gasteiger partial charge in [0.25, 0.3) is 0 Å². The molecule has 0 aliphatic carbocycles. The third-order valence-corrected chi connectivity index (χ3v) is 6.85. The number of hydrogen-bond donors (Lipinski definition) is 1. The molecular formula is C23H24Cl2N4OS. The zero-order valence-electron chi connectivity index (χ0n) is 17.1. The quantitative estimate of drug-likeness (QED) is 0.506. The summed E-state index contributed by atoms with van der Waals surface area (Å²) in [5.41, 5.74) is 2.92. The number of aromatic nitrogens is 1. The molecule has 1 aliphatic rings. The standard InChI is InChI=1S/C23H24Cl2N4OS/c24-19-7-4-8-20(25)18(19)15-29-13-11-28(12-14-29)10-9-22(30)27-23-26-21(16-31-23)17-5-2-1-3-6-17/h1-8,16H,9-15H2,(H,26,27,30). The van der Waals surface area contributed by atoms with Gasteiger partial charge in [-0.3, -0.25) is 9.69 Å². The molecule has 31 heavy (non-hydrogen) atoms. The van der Waals surface area contributed by atoms with E-state index in [2.05, 4.69) is 20.1 Å². The maximum atomic E-state index is 12.4. The summed E-state index contributed by atoms with van der Waals surface area (Å²) in [7, 11) is 0. The Balaban J connectivity index is 1.20. The molecule has 1 fully saturated rings. The minimum absolute atomic E-state index is 0.000703. The number of hydrogen-bond acceptors (Lipinski definition) is 5. The van der Waals surface area contributed by atoms with Crippen LogP contribution in [0.2, 0.25) is 10.0 Å². The maximum absolute atomic E-state index is 12.4. The number of carbonyl (C=O) groups is 1. The van der Waals surface area contributed by atoms with Crippen molar-refractivity contribution in [1.82, 2.24) is 14.8 Å². The predicted octanol–water partition coefficient (Wildman–Crippen LogP) is 5.26. The van der Waals surface area contributed by atoms with Crippen LogP contribution in [-0.4, -0.2) is 53.4 Å². The summed E-state index contributed by atoms with van der Waals surface area (Å²) in [5.74, 6) is -0.000703. The van der Waals surface area contributed by atoms with Crippen molar-refractivity contribution in [2.45, 2.75) is 13.0 Å². The van der Waals surface area contributed by atoms with Crippen molar-refractivity contribution in [1.29, 1.82) is 0 Å².